The molecule has 2 atom stereocenters. The molecule has 0 saturated carbocycles. The van der Waals surface area contributed by atoms with Crippen molar-refractivity contribution in [2.24, 2.45) is 5.92 Å². The van der Waals surface area contributed by atoms with E-state index in [9.17, 15) is 9.90 Å². The largest absolute Gasteiger partial charge is 0.467 e. The van der Waals surface area contributed by atoms with Gasteiger partial charge >= 0.3 is 0 Å². The zero-order valence-corrected chi connectivity index (χ0v) is 12.8. The topological polar surface area (TPSA) is 62.5 Å². The molecular weight excluding hydrogens is 286 g/mol. The first-order valence-corrected chi connectivity index (χ1v) is 8.05. The normalized spacial score (nSPS) is 19.0. The van der Waals surface area contributed by atoms with Gasteiger partial charge in [-0.3, -0.25) is 4.79 Å². The van der Waals surface area contributed by atoms with Crippen LogP contribution in [-0.4, -0.2) is 17.6 Å². The van der Waals surface area contributed by atoms with Gasteiger partial charge in [0.1, 0.15) is 11.8 Å². The van der Waals surface area contributed by atoms with Crippen molar-refractivity contribution in [2.75, 3.05) is 6.61 Å². The van der Waals surface area contributed by atoms with E-state index in [4.69, 9.17) is 4.42 Å². The van der Waals surface area contributed by atoms with Crippen molar-refractivity contribution in [1.82, 2.24) is 5.32 Å². The first-order valence-electron chi connectivity index (χ1n) is 7.24. The first kappa shape index (κ1) is 14.4. The molecule has 0 aromatic carbocycles. The maximum Gasteiger partial charge on any atom is 0.262 e. The maximum atomic E-state index is 12.4. The molecule has 2 heterocycles. The van der Waals surface area contributed by atoms with E-state index >= 15 is 0 Å². The van der Waals surface area contributed by atoms with Gasteiger partial charge in [-0.2, -0.15) is 0 Å². The van der Waals surface area contributed by atoms with Crippen molar-refractivity contribution >= 4 is 17.2 Å². The van der Waals surface area contributed by atoms with Gasteiger partial charge < -0.3 is 14.8 Å². The average molecular weight is 305 g/mol. The number of carbonyl (C=O) groups is 1. The SMILES string of the molecule is CC1CCc2sc(C(=O)NC(CO)c3ccco3)cc2C1. The van der Waals surface area contributed by atoms with E-state index in [1.54, 1.807) is 23.5 Å². The lowest BCUT2D eigenvalue weighted by atomic mass is 9.90. The van der Waals surface area contributed by atoms with Crippen molar-refractivity contribution in [1.29, 1.82) is 0 Å². The van der Waals surface area contributed by atoms with E-state index < -0.39 is 6.04 Å². The lowest BCUT2D eigenvalue weighted by Gasteiger charge is -2.16. The molecular formula is C16H19NO3S. The highest BCUT2D eigenvalue weighted by molar-refractivity contribution is 7.14. The Morgan fingerprint density at radius 3 is 3.19 bits per heavy atom. The Hall–Kier alpha value is -1.59. The summed E-state index contributed by atoms with van der Waals surface area (Å²) in [6, 6.07) is 5.00. The molecule has 2 unspecified atom stereocenters. The zero-order valence-electron chi connectivity index (χ0n) is 12.0. The highest BCUT2D eigenvalue weighted by Crippen LogP contribution is 2.32. The number of hydrogen-bond acceptors (Lipinski definition) is 4. The second kappa shape index (κ2) is 6.03. The highest BCUT2D eigenvalue weighted by atomic mass is 32.1. The van der Waals surface area contributed by atoms with Gasteiger partial charge in [-0.25, -0.2) is 0 Å². The Morgan fingerprint density at radius 2 is 2.48 bits per heavy atom. The molecule has 0 fully saturated rings. The smallest absolute Gasteiger partial charge is 0.262 e. The molecule has 0 radical (unpaired) electrons. The fourth-order valence-electron chi connectivity index (χ4n) is 2.74. The number of amides is 1. The van der Waals surface area contributed by atoms with Crippen molar-refractivity contribution in [3.8, 4) is 0 Å². The van der Waals surface area contributed by atoms with Crippen LogP contribution >= 0.6 is 11.3 Å². The molecule has 0 saturated heterocycles. The second-order valence-corrected chi connectivity index (χ2v) is 6.77. The van der Waals surface area contributed by atoms with Crippen molar-refractivity contribution in [2.45, 2.75) is 32.2 Å². The van der Waals surface area contributed by atoms with Crippen LogP contribution in [0.1, 0.15) is 45.3 Å². The Morgan fingerprint density at radius 1 is 1.62 bits per heavy atom. The van der Waals surface area contributed by atoms with Crippen molar-refractivity contribution < 1.29 is 14.3 Å². The fraction of sp³-hybridized carbons (Fsp3) is 0.438. The lowest BCUT2D eigenvalue weighted by molar-refractivity contribution is 0.0911. The maximum absolute atomic E-state index is 12.4. The monoisotopic (exact) mass is 305 g/mol. The standard InChI is InChI=1S/C16H19NO3S/c1-10-4-5-14-11(7-10)8-15(21-14)16(19)17-12(9-18)13-3-2-6-20-13/h2-3,6,8,10,12,18H,4-5,7,9H2,1H3,(H,17,19). The summed E-state index contributed by atoms with van der Waals surface area (Å²) >= 11 is 1.57. The summed E-state index contributed by atoms with van der Waals surface area (Å²) in [5.74, 6) is 1.12. The van der Waals surface area contributed by atoms with Crippen LogP contribution in [0, 0.1) is 5.92 Å². The van der Waals surface area contributed by atoms with Crippen LogP contribution in [0.3, 0.4) is 0 Å². The van der Waals surface area contributed by atoms with Gasteiger partial charge in [-0.15, -0.1) is 11.3 Å². The molecule has 0 spiro atoms. The van der Waals surface area contributed by atoms with Crippen LogP contribution in [0.5, 0.6) is 0 Å². The van der Waals surface area contributed by atoms with E-state index in [-0.39, 0.29) is 12.5 Å². The first-order chi connectivity index (χ1) is 10.2. The number of hydrogen-bond donors (Lipinski definition) is 2. The fourth-order valence-corrected chi connectivity index (χ4v) is 3.85. The number of rotatable bonds is 4. The molecule has 112 valence electrons. The molecule has 1 aliphatic carbocycles. The van der Waals surface area contributed by atoms with Crippen LogP contribution < -0.4 is 5.32 Å². The molecule has 1 aliphatic rings. The van der Waals surface area contributed by atoms with Gasteiger partial charge in [0.25, 0.3) is 5.91 Å². The van der Waals surface area contributed by atoms with Crippen molar-refractivity contribution in [3.63, 3.8) is 0 Å². The molecule has 0 bridgehead atoms. The molecule has 4 nitrogen and oxygen atoms in total. The minimum Gasteiger partial charge on any atom is -0.467 e. The molecule has 1 amide bonds. The number of furan rings is 1. The lowest BCUT2D eigenvalue weighted by Crippen LogP contribution is -2.29. The second-order valence-electron chi connectivity index (χ2n) is 5.63. The average Bonchev–Trinajstić information content (AvgIpc) is 3.12. The molecule has 21 heavy (non-hydrogen) atoms. The summed E-state index contributed by atoms with van der Waals surface area (Å²) in [5.41, 5.74) is 1.31. The third-order valence-electron chi connectivity index (χ3n) is 3.93. The van der Waals surface area contributed by atoms with Crippen LogP contribution in [0.2, 0.25) is 0 Å². The third kappa shape index (κ3) is 3.04. The molecule has 5 heteroatoms. The number of aliphatic hydroxyl groups excluding tert-OH is 1. The summed E-state index contributed by atoms with van der Waals surface area (Å²) in [4.78, 5) is 14.4. The number of aliphatic hydroxyl groups is 1. The number of carbonyl (C=O) groups excluding carboxylic acids is 1. The highest BCUT2D eigenvalue weighted by Gasteiger charge is 2.23. The van der Waals surface area contributed by atoms with Crippen LogP contribution in [0.4, 0.5) is 0 Å². The predicted octanol–water partition coefficient (Wildman–Crippen LogP) is 2.93. The van der Waals surface area contributed by atoms with Crippen LogP contribution in [0.25, 0.3) is 0 Å². The molecule has 2 aromatic rings. The van der Waals surface area contributed by atoms with Gasteiger partial charge in [-0.1, -0.05) is 6.92 Å². The van der Waals surface area contributed by atoms with E-state index in [1.807, 2.05) is 6.07 Å². The number of nitrogens with one attached hydrogen (secondary N) is 1. The van der Waals surface area contributed by atoms with E-state index in [0.717, 1.165) is 17.7 Å². The summed E-state index contributed by atoms with van der Waals surface area (Å²) in [6.45, 7) is 2.07. The van der Waals surface area contributed by atoms with Gasteiger partial charge in [0, 0.05) is 4.88 Å². The molecule has 2 N–H and O–H groups in total. The zero-order chi connectivity index (χ0) is 14.8. The Balaban J connectivity index is 1.73. The number of thiophene rings is 1. The van der Waals surface area contributed by atoms with Crippen LogP contribution in [-0.2, 0) is 12.8 Å². The van der Waals surface area contributed by atoms with E-state index in [0.29, 0.717) is 11.7 Å². The van der Waals surface area contributed by atoms with E-state index in [1.165, 1.54) is 23.1 Å². The number of aryl methyl sites for hydroxylation is 1. The number of fused-ring (bicyclic) bond motifs is 1. The van der Waals surface area contributed by atoms with Gasteiger partial charge in [0.15, 0.2) is 0 Å². The Kier molecular flexibility index (Phi) is 4.12. The minimum absolute atomic E-state index is 0.141. The molecule has 2 aromatic heterocycles. The Bertz CT molecular complexity index is 618. The summed E-state index contributed by atoms with van der Waals surface area (Å²) in [7, 11) is 0. The predicted molar refractivity (Wildman–Crippen MR) is 81.5 cm³/mol. The van der Waals surface area contributed by atoms with E-state index in [2.05, 4.69) is 12.2 Å². The Labute approximate surface area is 127 Å². The minimum atomic E-state index is -0.495. The molecule has 0 aliphatic heterocycles. The quantitative estimate of drug-likeness (QED) is 0.913. The van der Waals surface area contributed by atoms with Gasteiger partial charge in [-0.05, 0) is 48.9 Å². The van der Waals surface area contributed by atoms with Crippen molar-refractivity contribution in [3.05, 3.63) is 45.5 Å². The summed E-state index contributed by atoms with van der Waals surface area (Å²) < 4.78 is 5.25. The van der Waals surface area contributed by atoms with Gasteiger partial charge in [0.2, 0.25) is 0 Å². The third-order valence-corrected chi connectivity index (χ3v) is 5.16. The summed E-state index contributed by atoms with van der Waals surface area (Å²) in [5, 5.41) is 12.3. The molecule has 3 rings (SSSR count). The summed E-state index contributed by atoms with van der Waals surface area (Å²) in [6.07, 6.45) is 4.85. The van der Waals surface area contributed by atoms with Gasteiger partial charge in [0.05, 0.1) is 17.7 Å². The van der Waals surface area contributed by atoms with Crippen LogP contribution in [0.15, 0.2) is 28.9 Å².